The number of anilines is 1. The summed E-state index contributed by atoms with van der Waals surface area (Å²) in [6.45, 7) is 11.9. The topological polar surface area (TPSA) is 79.3 Å². The Labute approximate surface area is 206 Å². The van der Waals surface area contributed by atoms with Crippen molar-refractivity contribution >= 4 is 17.7 Å². The smallest absolute Gasteiger partial charge is 0.415 e. The highest BCUT2D eigenvalue weighted by Crippen LogP contribution is 2.45. The summed E-state index contributed by atoms with van der Waals surface area (Å²) < 4.78 is 12.1. The summed E-state index contributed by atoms with van der Waals surface area (Å²) >= 11 is 0. The van der Waals surface area contributed by atoms with Gasteiger partial charge in [0.1, 0.15) is 17.0 Å². The van der Waals surface area contributed by atoms with Crippen LogP contribution in [0.4, 0.5) is 10.5 Å². The van der Waals surface area contributed by atoms with Crippen molar-refractivity contribution in [3.8, 4) is 5.75 Å². The lowest BCUT2D eigenvalue weighted by molar-refractivity contribution is -0.00100. The van der Waals surface area contributed by atoms with E-state index in [0.717, 1.165) is 44.6 Å². The number of carbonyl (C=O) groups is 2. The Morgan fingerprint density at radius 2 is 1.69 bits per heavy atom. The number of fused-ring (bicyclic) bond motifs is 1. The molecule has 2 aromatic rings. The number of nitrogens with zero attached hydrogens (tertiary/aromatic N) is 2. The number of piperidine rings is 1. The van der Waals surface area contributed by atoms with Crippen molar-refractivity contribution in [2.75, 3.05) is 24.5 Å². The van der Waals surface area contributed by atoms with Gasteiger partial charge in [0.2, 0.25) is 0 Å². The average molecular weight is 479 g/mol. The van der Waals surface area contributed by atoms with Crippen LogP contribution < -0.4 is 9.64 Å². The van der Waals surface area contributed by atoms with Gasteiger partial charge in [-0.2, -0.15) is 0 Å². The summed E-state index contributed by atoms with van der Waals surface area (Å²) in [5.74, 6) is 0.00481. The van der Waals surface area contributed by atoms with Crippen molar-refractivity contribution in [2.24, 2.45) is 0 Å². The largest absolute Gasteiger partial charge is 0.488 e. The third kappa shape index (κ3) is 4.61. The fraction of sp³-hybridized carbons (Fsp3) is 0.500. The Morgan fingerprint density at radius 1 is 1.00 bits per heavy atom. The molecule has 0 aliphatic carbocycles. The van der Waals surface area contributed by atoms with Gasteiger partial charge in [0.05, 0.1) is 12.1 Å². The van der Waals surface area contributed by atoms with Crippen LogP contribution in [0.15, 0.2) is 42.5 Å². The zero-order chi connectivity index (χ0) is 25.0. The summed E-state index contributed by atoms with van der Waals surface area (Å²) in [6, 6.07) is 13.0. The zero-order valence-electron chi connectivity index (χ0n) is 21.0. The Kier molecular flexibility index (Phi) is 5.59. The number of rotatable bonds is 4. The minimum absolute atomic E-state index is 0.0588. The van der Waals surface area contributed by atoms with Crippen LogP contribution in [-0.2, 0) is 16.7 Å². The van der Waals surface area contributed by atoms with E-state index in [2.05, 4.69) is 50.8 Å². The van der Waals surface area contributed by atoms with Gasteiger partial charge in [-0.1, -0.05) is 26.0 Å². The van der Waals surface area contributed by atoms with Crippen molar-refractivity contribution in [3.05, 3.63) is 59.2 Å². The van der Waals surface area contributed by atoms with E-state index in [1.807, 2.05) is 0 Å². The number of benzene rings is 2. The Hall–Kier alpha value is -3.06. The molecule has 7 heteroatoms. The standard InChI is InChI=1S/C28H34N2O5/c1-26(2)17-27(3,4)34-23-10-5-19(15-22(23)26)16-29-13-11-28(12-14-29)18-30(25(33)35-28)21-8-6-20(7-9-21)24(31)32/h5-10,15H,11-14,16-18H2,1-4H3,(H,31,32). The number of amides is 1. The lowest BCUT2D eigenvalue weighted by atomic mass is 9.73. The lowest BCUT2D eigenvalue weighted by Gasteiger charge is -2.43. The third-order valence-electron chi connectivity index (χ3n) is 7.60. The number of hydrogen-bond acceptors (Lipinski definition) is 5. The molecule has 2 aromatic carbocycles. The summed E-state index contributed by atoms with van der Waals surface area (Å²) in [5.41, 5.74) is 2.83. The molecule has 7 nitrogen and oxygen atoms in total. The van der Waals surface area contributed by atoms with Crippen molar-refractivity contribution < 1.29 is 24.2 Å². The summed E-state index contributed by atoms with van der Waals surface area (Å²) in [4.78, 5) is 27.8. The van der Waals surface area contributed by atoms with Gasteiger partial charge in [-0.15, -0.1) is 0 Å². The van der Waals surface area contributed by atoms with E-state index in [9.17, 15) is 9.59 Å². The van der Waals surface area contributed by atoms with Crippen LogP contribution in [-0.4, -0.2) is 52.9 Å². The van der Waals surface area contributed by atoms with Gasteiger partial charge in [-0.05, 0) is 61.6 Å². The van der Waals surface area contributed by atoms with Crippen LogP contribution in [0.1, 0.15) is 68.4 Å². The number of ether oxygens (including phenoxy) is 2. The monoisotopic (exact) mass is 478 g/mol. The predicted octanol–water partition coefficient (Wildman–Crippen LogP) is 5.21. The van der Waals surface area contributed by atoms with E-state index in [1.165, 1.54) is 23.3 Å². The predicted molar refractivity (Wildman–Crippen MR) is 133 cm³/mol. The normalized spacial score (nSPS) is 22.4. The van der Waals surface area contributed by atoms with Crippen molar-refractivity contribution in [3.63, 3.8) is 0 Å². The summed E-state index contributed by atoms with van der Waals surface area (Å²) in [6.07, 6.45) is 2.16. The first-order valence-corrected chi connectivity index (χ1v) is 12.3. The van der Waals surface area contributed by atoms with E-state index < -0.39 is 11.6 Å². The number of aromatic carboxylic acids is 1. The van der Waals surface area contributed by atoms with Crippen LogP contribution >= 0.6 is 0 Å². The van der Waals surface area contributed by atoms with Crippen molar-refractivity contribution in [1.82, 2.24) is 4.90 Å². The van der Waals surface area contributed by atoms with E-state index in [0.29, 0.717) is 12.2 Å². The molecule has 0 saturated carbocycles. The number of carboxylic acid groups (broad SMARTS) is 1. The van der Waals surface area contributed by atoms with Crippen LogP contribution in [0.25, 0.3) is 0 Å². The lowest BCUT2D eigenvalue weighted by Crippen LogP contribution is -2.46. The van der Waals surface area contributed by atoms with Gasteiger partial charge in [0.25, 0.3) is 0 Å². The first-order chi connectivity index (χ1) is 16.5. The molecule has 3 aliphatic heterocycles. The van der Waals surface area contributed by atoms with Gasteiger partial charge in [0, 0.05) is 43.7 Å². The first kappa shape index (κ1) is 23.7. The molecule has 186 valence electrons. The van der Waals surface area contributed by atoms with Gasteiger partial charge in [0.15, 0.2) is 0 Å². The van der Waals surface area contributed by atoms with E-state index >= 15 is 0 Å². The highest BCUT2D eigenvalue weighted by atomic mass is 16.6. The Bertz CT molecular complexity index is 1150. The minimum Gasteiger partial charge on any atom is -0.488 e. The molecule has 0 atom stereocenters. The fourth-order valence-electron chi connectivity index (χ4n) is 6.03. The highest BCUT2D eigenvalue weighted by Gasteiger charge is 2.47. The molecule has 0 unspecified atom stereocenters. The number of hydrogen-bond donors (Lipinski definition) is 1. The van der Waals surface area contributed by atoms with Gasteiger partial charge >= 0.3 is 12.1 Å². The Morgan fingerprint density at radius 3 is 2.34 bits per heavy atom. The summed E-state index contributed by atoms with van der Waals surface area (Å²) in [7, 11) is 0. The molecule has 1 spiro atoms. The molecule has 35 heavy (non-hydrogen) atoms. The number of carboxylic acids is 1. The Balaban J connectivity index is 1.23. The van der Waals surface area contributed by atoms with Crippen LogP contribution in [0.3, 0.4) is 0 Å². The molecule has 2 saturated heterocycles. The highest BCUT2D eigenvalue weighted by molar-refractivity contribution is 5.92. The SMILES string of the molecule is CC1(C)CC(C)(C)c2cc(CN3CCC4(CC3)CN(c3ccc(C(=O)O)cc3)C(=O)O4)ccc2O1. The van der Waals surface area contributed by atoms with Crippen LogP contribution in [0.5, 0.6) is 5.75 Å². The second-order valence-corrected chi connectivity index (χ2v) is 11.5. The molecular formula is C28H34N2O5. The first-order valence-electron chi connectivity index (χ1n) is 12.3. The molecule has 3 heterocycles. The number of likely N-dealkylation sites (tertiary alicyclic amines) is 1. The van der Waals surface area contributed by atoms with E-state index in [-0.39, 0.29) is 22.7 Å². The average Bonchev–Trinajstić information content (AvgIpc) is 3.10. The zero-order valence-corrected chi connectivity index (χ0v) is 21.0. The molecule has 0 aromatic heterocycles. The second-order valence-electron chi connectivity index (χ2n) is 11.5. The van der Waals surface area contributed by atoms with Crippen LogP contribution in [0.2, 0.25) is 0 Å². The minimum atomic E-state index is -0.983. The van der Waals surface area contributed by atoms with Crippen LogP contribution in [0, 0.1) is 0 Å². The third-order valence-corrected chi connectivity index (χ3v) is 7.60. The number of carbonyl (C=O) groups excluding carboxylic acids is 1. The molecule has 1 amide bonds. The van der Waals surface area contributed by atoms with Crippen molar-refractivity contribution in [1.29, 1.82) is 0 Å². The second kappa shape index (κ2) is 8.26. The maximum atomic E-state index is 12.6. The molecule has 2 fully saturated rings. The molecule has 1 N–H and O–H groups in total. The van der Waals surface area contributed by atoms with E-state index in [4.69, 9.17) is 14.6 Å². The fourth-order valence-corrected chi connectivity index (χ4v) is 6.03. The molecule has 5 rings (SSSR count). The van der Waals surface area contributed by atoms with Gasteiger partial charge < -0.3 is 14.6 Å². The quantitative estimate of drug-likeness (QED) is 0.650. The maximum Gasteiger partial charge on any atom is 0.415 e. The molecule has 0 bridgehead atoms. The van der Waals surface area contributed by atoms with E-state index in [1.54, 1.807) is 17.0 Å². The molecule has 0 radical (unpaired) electrons. The maximum absolute atomic E-state index is 12.6. The van der Waals surface area contributed by atoms with Gasteiger partial charge in [-0.3, -0.25) is 9.80 Å². The molecular weight excluding hydrogens is 444 g/mol. The molecule has 3 aliphatic rings. The van der Waals surface area contributed by atoms with Crippen molar-refractivity contribution in [2.45, 2.75) is 70.1 Å². The summed E-state index contributed by atoms with van der Waals surface area (Å²) in [5, 5.41) is 9.11. The van der Waals surface area contributed by atoms with Gasteiger partial charge in [-0.25, -0.2) is 9.59 Å².